The molecule has 16 heavy (non-hydrogen) atoms. The molecule has 6 heteroatoms. The summed E-state index contributed by atoms with van der Waals surface area (Å²) in [5, 5.41) is 9.30. The molecule has 1 rings (SSSR count). The maximum atomic E-state index is 11.9. The van der Waals surface area contributed by atoms with Crippen molar-refractivity contribution in [2.24, 2.45) is 0 Å². The highest BCUT2D eigenvalue weighted by atomic mass is 35.5. The Labute approximate surface area is 100 Å². The molecule has 4 nitrogen and oxygen atoms in total. The van der Waals surface area contributed by atoms with Gasteiger partial charge in [-0.25, -0.2) is 13.1 Å². The molecule has 0 radical (unpaired) electrons. The third kappa shape index (κ3) is 3.18. The summed E-state index contributed by atoms with van der Waals surface area (Å²) in [5.74, 6) is 0. The van der Waals surface area contributed by atoms with Crippen LogP contribution < -0.4 is 4.72 Å². The second kappa shape index (κ2) is 5.14. The van der Waals surface area contributed by atoms with Gasteiger partial charge in [0.05, 0.1) is 11.5 Å². The second-order valence-corrected chi connectivity index (χ2v) is 5.73. The number of nitrogens with one attached hydrogen (secondary N) is 1. The molecule has 0 saturated heterocycles. The zero-order valence-corrected chi connectivity index (χ0v) is 10.6. The molecule has 1 aromatic rings. The van der Waals surface area contributed by atoms with Crippen LogP contribution in [0.3, 0.4) is 0 Å². The molecular weight excluding hydrogens is 250 g/mol. The first-order chi connectivity index (χ1) is 7.36. The highest BCUT2D eigenvalue weighted by Gasteiger charge is 2.18. The van der Waals surface area contributed by atoms with Gasteiger partial charge in [0.2, 0.25) is 10.0 Å². The van der Waals surface area contributed by atoms with Crippen molar-refractivity contribution in [3.8, 4) is 0 Å². The van der Waals surface area contributed by atoms with E-state index in [9.17, 15) is 8.42 Å². The van der Waals surface area contributed by atoms with Crippen LogP contribution in [-0.2, 0) is 10.0 Å². The minimum Gasteiger partial charge on any atom is -0.395 e. The molecule has 2 N–H and O–H groups in total. The van der Waals surface area contributed by atoms with Crippen LogP contribution in [0.5, 0.6) is 0 Å². The number of aryl methyl sites for hydroxylation is 1. The van der Waals surface area contributed by atoms with Crippen molar-refractivity contribution in [2.45, 2.75) is 24.8 Å². The van der Waals surface area contributed by atoms with E-state index in [-0.39, 0.29) is 11.5 Å². The highest BCUT2D eigenvalue weighted by Crippen LogP contribution is 2.19. The minimum atomic E-state index is -3.59. The molecule has 1 aromatic carbocycles. The van der Waals surface area contributed by atoms with E-state index in [2.05, 4.69) is 4.72 Å². The first-order valence-electron chi connectivity index (χ1n) is 4.76. The third-order valence-electron chi connectivity index (χ3n) is 2.06. The molecule has 0 aromatic heterocycles. The fourth-order valence-corrected chi connectivity index (χ4v) is 2.97. The summed E-state index contributed by atoms with van der Waals surface area (Å²) in [5.41, 5.74) is 0.574. The van der Waals surface area contributed by atoms with Crippen molar-refractivity contribution < 1.29 is 13.5 Å². The van der Waals surface area contributed by atoms with Crippen LogP contribution in [0.15, 0.2) is 23.1 Å². The summed E-state index contributed by atoms with van der Waals surface area (Å²) in [6.45, 7) is 3.01. The molecule has 0 heterocycles. The van der Waals surface area contributed by atoms with E-state index in [1.54, 1.807) is 19.9 Å². The average Bonchev–Trinajstić information content (AvgIpc) is 2.16. The number of sulfonamides is 1. The van der Waals surface area contributed by atoms with Crippen LogP contribution in [0.2, 0.25) is 5.02 Å². The summed E-state index contributed by atoms with van der Waals surface area (Å²) >= 11 is 5.74. The van der Waals surface area contributed by atoms with E-state index in [1.807, 2.05) is 0 Å². The largest absolute Gasteiger partial charge is 0.395 e. The number of aliphatic hydroxyl groups is 1. The molecule has 0 bridgehead atoms. The monoisotopic (exact) mass is 263 g/mol. The standard InChI is InChI=1S/C10H14ClNO3S/c1-7-5-9(11)3-4-10(7)16(14,15)12-8(2)6-13/h3-5,8,12-13H,6H2,1-2H3/t8-/m0/s1. The first-order valence-corrected chi connectivity index (χ1v) is 6.62. The number of halogens is 1. The quantitative estimate of drug-likeness (QED) is 0.861. The van der Waals surface area contributed by atoms with Gasteiger partial charge in [-0.2, -0.15) is 0 Å². The molecule has 0 fully saturated rings. The lowest BCUT2D eigenvalue weighted by molar-refractivity contribution is 0.265. The topological polar surface area (TPSA) is 66.4 Å². The lowest BCUT2D eigenvalue weighted by Gasteiger charge is -2.13. The predicted octanol–water partition coefficient (Wildman–Crippen LogP) is 1.31. The SMILES string of the molecule is Cc1cc(Cl)ccc1S(=O)(=O)N[C@@H](C)CO. The van der Waals surface area contributed by atoms with Gasteiger partial charge in [-0.1, -0.05) is 11.6 Å². The van der Waals surface area contributed by atoms with E-state index in [0.717, 1.165) is 0 Å². The van der Waals surface area contributed by atoms with E-state index < -0.39 is 16.1 Å². The predicted molar refractivity (Wildman–Crippen MR) is 63.1 cm³/mol. The Hall–Kier alpha value is -0.620. The van der Waals surface area contributed by atoms with Crippen LogP contribution in [-0.4, -0.2) is 26.2 Å². The van der Waals surface area contributed by atoms with Crippen molar-refractivity contribution in [3.05, 3.63) is 28.8 Å². The van der Waals surface area contributed by atoms with Gasteiger partial charge < -0.3 is 5.11 Å². The Balaban J connectivity index is 3.08. The van der Waals surface area contributed by atoms with Crippen molar-refractivity contribution in [3.63, 3.8) is 0 Å². The van der Waals surface area contributed by atoms with Crippen LogP contribution in [0.4, 0.5) is 0 Å². The molecule has 90 valence electrons. The molecule has 0 unspecified atom stereocenters. The van der Waals surface area contributed by atoms with Gasteiger partial charge in [-0.15, -0.1) is 0 Å². The van der Waals surface area contributed by atoms with Gasteiger partial charge in [-0.05, 0) is 37.6 Å². The van der Waals surface area contributed by atoms with E-state index in [1.165, 1.54) is 12.1 Å². The van der Waals surface area contributed by atoms with Gasteiger partial charge in [0.15, 0.2) is 0 Å². The van der Waals surface area contributed by atoms with E-state index in [0.29, 0.717) is 10.6 Å². The van der Waals surface area contributed by atoms with Gasteiger partial charge in [0, 0.05) is 11.1 Å². The maximum Gasteiger partial charge on any atom is 0.241 e. The highest BCUT2D eigenvalue weighted by molar-refractivity contribution is 7.89. The fraction of sp³-hybridized carbons (Fsp3) is 0.400. The van der Waals surface area contributed by atoms with Crippen molar-refractivity contribution in [1.82, 2.24) is 4.72 Å². The minimum absolute atomic E-state index is 0.178. The summed E-state index contributed by atoms with van der Waals surface area (Å²) < 4.78 is 26.1. The smallest absolute Gasteiger partial charge is 0.241 e. The molecule has 0 aliphatic heterocycles. The number of benzene rings is 1. The normalized spacial score (nSPS) is 13.8. The Kier molecular flexibility index (Phi) is 4.32. The van der Waals surface area contributed by atoms with Gasteiger partial charge >= 0.3 is 0 Å². The molecule has 0 amide bonds. The Morgan fingerprint density at radius 1 is 1.50 bits per heavy atom. The number of hydrogen-bond acceptors (Lipinski definition) is 3. The Bertz CT molecular complexity index is 473. The van der Waals surface area contributed by atoms with Crippen molar-refractivity contribution in [2.75, 3.05) is 6.61 Å². The summed E-state index contributed by atoms with van der Waals surface area (Å²) in [7, 11) is -3.59. The lowest BCUT2D eigenvalue weighted by atomic mass is 10.2. The van der Waals surface area contributed by atoms with Crippen LogP contribution in [0, 0.1) is 6.92 Å². The summed E-state index contributed by atoms with van der Waals surface area (Å²) in [4.78, 5) is 0.178. The van der Waals surface area contributed by atoms with Crippen molar-refractivity contribution >= 4 is 21.6 Å². The summed E-state index contributed by atoms with van der Waals surface area (Å²) in [6.07, 6.45) is 0. The van der Waals surface area contributed by atoms with Gasteiger partial charge in [0.1, 0.15) is 0 Å². The molecule has 1 atom stereocenters. The average molecular weight is 264 g/mol. The molecule has 0 aliphatic carbocycles. The van der Waals surface area contributed by atoms with Gasteiger partial charge in [0.25, 0.3) is 0 Å². The molecule has 0 spiro atoms. The lowest BCUT2D eigenvalue weighted by Crippen LogP contribution is -2.35. The maximum absolute atomic E-state index is 11.9. The van der Waals surface area contributed by atoms with Crippen LogP contribution in [0.1, 0.15) is 12.5 Å². The Morgan fingerprint density at radius 3 is 2.62 bits per heavy atom. The van der Waals surface area contributed by atoms with Crippen LogP contribution >= 0.6 is 11.6 Å². The van der Waals surface area contributed by atoms with E-state index >= 15 is 0 Å². The zero-order chi connectivity index (χ0) is 12.3. The molecule has 0 saturated carbocycles. The Morgan fingerprint density at radius 2 is 2.12 bits per heavy atom. The van der Waals surface area contributed by atoms with Crippen molar-refractivity contribution in [1.29, 1.82) is 0 Å². The summed E-state index contributed by atoms with van der Waals surface area (Å²) in [6, 6.07) is 4.04. The third-order valence-corrected chi connectivity index (χ3v) is 4.04. The second-order valence-electron chi connectivity index (χ2n) is 3.61. The van der Waals surface area contributed by atoms with E-state index in [4.69, 9.17) is 16.7 Å². The zero-order valence-electron chi connectivity index (χ0n) is 9.07. The number of hydrogen-bond donors (Lipinski definition) is 2. The fourth-order valence-electron chi connectivity index (χ4n) is 1.28. The van der Waals surface area contributed by atoms with Gasteiger partial charge in [-0.3, -0.25) is 0 Å². The number of aliphatic hydroxyl groups excluding tert-OH is 1. The first kappa shape index (κ1) is 13.4. The molecular formula is C10H14ClNO3S. The van der Waals surface area contributed by atoms with Crippen LogP contribution in [0.25, 0.3) is 0 Å². The molecule has 0 aliphatic rings. The number of rotatable bonds is 4.